The summed E-state index contributed by atoms with van der Waals surface area (Å²) in [5.74, 6) is 1.38. The fourth-order valence-electron chi connectivity index (χ4n) is 2.17. The first kappa shape index (κ1) is 17.9. The van der Waals surface area contributed by atoms with Crippen LogP contribution in [0.25, 0.3) is 11.5 Å². The summed E-state index contributed by atoms with van der Waals surface area (Å²) in [5, 5.41) is 12.7. The number of aromatic nitrogens is 6. The van der Waals surface area contributed by atoms with Gasteiger partial charge in [0.15, 0.2) is 0 Å². The van der Waals surface area contributed by atoms with Gasteiger partial charge in [-0.25, -0.2) is 19.7 Å². The quantitative estimate of drug-likeness (QED) is 0.686. The molecule has 0 saturated heterocycles. The normalized spacial score (nSPS) is 10.9. The Balaban J connectivity index is 1.52. The van der Waals surface area contributed by atoms with Crippen molar-refractivity contribution in [2.45, 2.75) is 32.9 Å². The Kier molecular flexibility index (Phi) is 5.52. The van der Waals surface area contributed by atoms with Gasteiger partial charge in [0, 0.05) is 30.7 Å². The predicted octanol–water partition coefficient (Wildman–Crippen LogP) is 2.18. The van der Waals surface area contributed by atoms with Crippen LogP contribution in [0.2, 0.25) is 0 Å². The summed E-state index contributed by atoms with van der Waals surface area (Å²) in [4.78, 5) is 30.8. The van der Waals surface area contributed by atoms with Crippen LogP contribution >= 0.6 is 11.3 Å². The zero-order chi connectivity index (χ0) is 18.5. The number of amides is 2. The third-order valence-corrected chi connectivity index (χ3v) is 4.73. The van der Waals surface area contributed by atoms with E-state index in [1.165, 1.54) is 0 Å². The lowest BCUT2D eigenvalue weighted by Gasteiger charge is -2.16. The van der Waals surface area contributed by atoms with Crippen LogP contribution in [0.3, 0.4) is 0 Å². The first-order valence-corrected chi connectivity index (χ1v) is 9.02. The Labute approximate surface area is 154 Å². The molecule has 3 rings (SSSR count). The van der Waals surface area contributed by atoms with E-state index in [4.69, 9.17) is 0 Å². The minimum Gasteiger partial charge on any atom is -0.331 e. The molecule has 0 atom stereocenters. The van der Waals surface area contributed by atoms with Crippen LogP contribution < -0.4 is 5.32 Å². The molecular weight excluding hydrogens is 352 g/mol. The molecule has 136 valence electrons. The van der Waals surface area contributed by atoms with Crippen molar-refractivity contribution in [1.29, 1.82) is 0 Å². The molecular formula is C16H20N8OS. The first-order valence-electron chi connectivity index (χ1n) is 8.14. The molecule has 0 aromatic carbocycles. The summed E-state index contributed by atoms with van der Waals surface area (Å²) in [6, 6.07) is -0.207. The van der Waals surface area contributed by atoms with Crippen LogP contribution in [0.4, 0.5) is 4.79 Å². The number of aromatic amines is 1. The molecule has 0 unspecified atom stereocenters. The van der Waals surface area contributed by atoms with Crippen molar-refractivity contribution in [2.75, 3.05) is 7.05 Å². The summed E-state index contributed by atoms with van der Waals surface area (Å²) in [7, 11) is 1.73. The highest BCUT2D eigenvalue weighted by Gasteiger charge is 2.13. The van der Waals surface area contributed by atoms with Crippen molar-refractivity contribution >= 4 is 17.4 Å². The number of nitrogens with one attached hydrogen (secondary N) is 2. The van der Waals surface area contributed by atoms with Crippen LogP contribution in [-0.4, -0.2) is 48.1 Å². The van der Waals surface area contributed by atoms with Crippen LogP contribution in [0.15, 0.2) is 24.0 Å². The number of nitrogens with zero attached hydrogens (tertiary/aromatic N) is 6. The molecule has 3 aromatic heterocycles. The molecule has 0 aliphatic heterocycles. The molecule has 3 heterocycles. The minimum atomic E-state index is -0.207. The highest BCUT2D eigenvalue weighted by Crippen LogP contribution is 2.19. The van der Waals surface area contributed by atoms with Gasteiger partial charge in [0.2, 0.25) is 5.82 Å². The topological polar surface area (TPSA) is 113 Å². The average Bonchev–Trinajstić information content (AvgIpc) is 3.30. The SMILES string of the molecule is CC(C)c1nc(CN(C)C(=O)NCc2nc(-c3cnccn3)n[nH]2)cs1. The van der Waals surface area contributed by atoms with E-state index < -0.39 is 0 Å². The molecule has 0 aliphatic carbocycles. The summed E-state index contributed by atoms with van der Waals surface area (Å²) >= 11 is 1.62. The summed E-state index contributed by atoms with van der Waals surface area (Å²) < 4.78 is 0. The van der Waals surface area contributed by atoms with E-state index in [1.807, 2.05) is 5.38 Å². The molecule has 10 heteroatoms. The smallest absolute Gasteiger partial charge is 0.317 e. The fraction of sp³-hybridized carbons (Fsp3) is 0.375. The number of thiazole rings is 1. The Hall–Kier alpha value is -2.88. The van der Waals surface area contributed by atoms with Gasteiger partial charge in [0.1, 0.15) is 11.5 Å². The highest BCUT2D eigenvalue weighted by atomic mass is 32.1. The van der Waals surface area contributed by atoms with Crippen molar-refractivity contribution in [3.05, 3.63) is 40.5 Å². The summed E-state index contributed by atoms with van der Waals surface area (Å²) in [6.07, 6.45) is 4.74. The second kappa shape index (κ2) is 8.00. The van der Waals surface area contributed by atoms with E-state index in [-0.39, 0.29) is 12.6 Å². The Morgan fingerprint density at radius 2 is 2.19 bits per heavy atom. The summed E-state index contributed by atoms with van der Waals surface area (Å²) in [5.41, 5.74) is 1.46. The molecule has 26 heavy (non-hydrogen) atoms. The number of carbonyl (C=O) groups excluding carboxylic acids is 1. The fourth-order valence-corrected chi connectivity index (χ4v) is 3.00. The van der Waals surface area contributed by atoms with Crippen molar-refractivity contribution < 1.29 is 4.79 Å². The highest BCUT2D eigenvalue weighted by molar-refractivity contribution is 7.09. The lowest BCUT2D eigenvalue weighted by atomic mass is 10.2. The molecule has 0 spiro atoms. The number of rotatable bonds is 6. The van der Waals surface area contributed by atoms with E-state index in [1.54, 1.807) is 41.9 Å². The van der Waals surface area contributed by atoms with E-state index in [2.05, 4.69) is 49.3 Å². The van der Waals surface area contributed by atoms with Gasteiger partial charge in [-0.2, -0.15) is 5.10 Å². The maximum atomic E-state index is 12.2. The molecule has 2 amide bonds. The lowest BCUT2D eigenvalue weighted by molar-refractivity contribution is 0.205. The third-order valence-electron chi connectivity index (χ3n) is 3.54. The zero-order valence-corrected chi connectivity index (χ0v) is 15.6. The standard InChI is InChI=1S/C16H20N8OS/c1-10(2)15-20-11(9-26-15)8-24(3)16(25)19-7-13-21-14(23-22-13)12-6-17-4-5-18-12/h4-6,9-10H,7-8H2,1-3H3,(H,19,25)(H,21,22,23). The van der Waals surface area contributed by atoms with Crippen LogP contribution in [-0.2, 0) is 13.1 Å². The van der Waals surface area contributed by atoms with Crippen molar-refractivity contribution in [3.63, 3.8) is 0 Å². The third kappa shape index (κ3) is 4.39. The van der Waals surface area contributed by atoms with Gasteiger partial charge in [-0.15, -0.1) is 11.3 Å². The number of carbonyl (C=O) groups is 1. The predicted molar refractivity (Wildman–Crippen MR) is 97.3 cm³/mol. The van der Waals surface area contributed by atoms with Crippen molar-refractivity contribution in [2.24, 2.45) is 0 Å². The summed E-state index contributed by atoms with van der Waals surface area (Å²) in [6.45, 7) is 4.90. The molecule has 0 fully saturated rings. The van der Waals surface area contributed by atoms with Gasteiger partial charge in [0.05, 0.1) is 30.0 Å². The van der Waals surface area contributed by atoms with E-state index in [0.29, 0.717) is 29.8 Å². The van der Waals surface area contributed by atoms with Crippen molar-refractivity contribution in [1.82, 2.24) is 40.3 Å². The van der Waals surface area contributed by atoms with E-state index in [9.17, 15) is 4.79 Å². The molecule has 0 saturated carbocycles. The Morgan fingerprint density at radius 3 is 2.88 bits per heavy atom. The van der Waals surface area contributed by atoms with Gasteiger partial charge in [0.25, 0.3) is 0 Å². The van der Waals surface area contributed by atoms with Gasteiger partial charge in [-0.3, -0.25) is 10.1 Å². The lowest BCUT2D eigenvalue weighted by Crippen LogP contribution is -2.36. The van der Waals surface area contributed by atoms with Crippen LogP contribution in [0.5, 0.6) is 0 Å². The molecule has 0 bridgehead atoms. The second-order valence-corrected chi connectivity index (χ2v) is 6.93. The molecule has 0 radical (unpaired) electrons. The average molecular weight is 372 g/mol. The number of H-pyrrole nitrogens is 1. The van der Waals surface area contributed by atoms with Crippen molar-refractivity contribution in [3.8, 4) is 11.5 Å². The number of hydrogen-bond acceptors (Lipinski definition) is 7. The molecule has 0 aliphatic rings. The Bertz CT molecular complexity index is 860. The Morgan fingerprint density at radius 1 is 1.35 bits per heavy atom. The molecule has 3 aromatic rings. The van der Waals surface area contributed by atoms with E-state index in [0.717, 1.165) is 10.7 Å². The van der Waals surface area contributed by atoms with E-state index >= 15 is 0 Å². The van der Waals surface area contributed by atoms with Gasteiger partial charge in [-0.1, -0.05) is 13.8 Å². The molecule has 2 N–H and O–H groups in total. The number of hydrogen-bond donors (Lipinski definition) is 2. The minimum absolute atomic E-state index is 0.207. The monoisotopic (exact) mass is 372 g/mol. The zero-order valence-electron chi connectivity index (χ0n) is 14.8. The van der Waals surface area contributed by atoms with Gasteiger partial charge >= 0.3 is 6.03 Å². The largest absolute Gasteiger partial charge is 0.331 e. The maximum Gasteiger partial charge on any atom is 0.317 e. The molecule has 9 nitrogen and oxygen atoms in total. The first-order chi connectivity index (χ1) is 12.5. The van der Waals surface area contributed by atoms with Crippen LogP contribution in [0.1, 0.15) is 36.3 Å². The van der Waals surface area contributed by atoms with Crippen LogP contribution in [0, 0.1) is 0 Å². The van der Waals surface area contributed by atoms with Gasteiger partial charge in [-0.05, 0) is 0 Å². The number of urea groups is 1. The second-order valence-electron chi connectivity index (χ2n) is 6.04. The van der Waals surface area contributed by atoms with Gasteiger partial charge < -0.3 is 10.2 Å². The maximum absolute atomic E-state index is 12.2.